The molecule has 0 amide bonds. The van der Waals surface area contributed by atoms with Crippen LogP contribution >= 0.6 is 0 Å². The van der Waals surface area contributed by atoms with Crippen LogP contribution in [-0.4, -0.2) is 9.55 Å². The third kappa shape index (κ3) is 2.29. The second-order valence-corrected chi connectivity index (χ2v) is 5.21. The second-order valence-electron chi connectivity index (χ2n) is 5.21. The third-order valence-electron chi connectivity index (χ3n) is 3.81. The van der Waals surface area contributed by atoms with Crippen molar-refractivity contribution in [3.63, 3.8) is 0 Å². The Morgan fingerprint density at radius 2 is 2.25 bits per heavy atom. The van der Waals surface area contributed by atoms with Crippen LogP contribution in [0, 0.1) is 5.41 Å². The maximum atomic E-state index is 6.09. The first kappa shape index (κ1) is 11.6. The van der Waals surface area contributed by atoms with Gasteiger partial charge in [0.15, 0.2) is 0 Å². The summed E-state index contributed by atoms with van der Waals surface area (Å²) in [6.07, 6.45) is 10.2. The van der Waals surface area contributed by atoms with Gasteiger partial charge in [0, 0.05) is 18.8 Å². The lowest BCUT2D eigenvalue weighted by Gasteiger charge is -2.19. The fraction of sp³-hybridized carbons (Fsp3) is 0.769. The molecule has 0 bridgehead atoms. The Morgan fingerprint density at radius 1 is 1.50 bits per heavy atom. The number of hydrogen-bond acceptors (Lipinski definition) is 2. The molecule has 0 radical (unpaired) electrons. The highest BCUT2D eigenvalue weighted by atomic mass is 15.1. The average Bonchev–Trinajstić information content (AvgIpc) is 2.87. The zero-order valence-corrected chi connectivity index (χ0v) is 10.4. The van der Waals surface area contributed by atoms with Crippen molar-refractivity contribution in [1.82, 2.24) is 9.55 Å². The first-order valence-electron chi connectivity index (χ1n) is 6.46. The molecule has 0 spiro atoms. The van der Waals surface area contributed by atoms with Gasteiger partial charge >= 0.3 is 0 Å². The molecule has 3 heteroatoms. The van der Waals surface area contributed by atoms with Gasteiger partial charge in [-0.2, -0.15) is 0 Å². The highest BCUT2D eigenvalue weighted by Crippen LogP contribution is 2.51. The fourth-order valence-electron chi connectivity index (χ4n) is 2.54. The Hall–Kier alpha value is -0.830. The largest absolute Gasteiger partial charge is 0.333 e. The molecule has 1 aliphatic carbocycles. The predicted octanol–water partition coefficient (Wildman–Crippen LogP) is 2.87. The summed E-state index contributed by atoms with van der Waals surface area (Å²) >= 11 is 0. The van der Waals surface area contributed by atoms with Crippen molar-refractivity contribution in [2.45, 2.75) is 58.5 Å². The average molecular weight is 221 g/mol. The van der Waals surface area contributed by atoms with Crippen molar-refractivity contribution < 1.29 is 0 Å². The molecule has 1 aromatic rings. The van der Waals surface area contributed by atoms with E-state index < -0.39 is 0 Å². The Kier molecular flexibility index (Phi) is 3.33. The van der Waals surface area contributed by atoms with E-state index in [4.69, 9.17) is 5.73 Å². The van der Waals surface area contributed by atoms with Crippen LogP contribution in [0.4, 0.5) is 0 Å². The van der Waals surface area contributed by atoms with E-state index in [-0.39, 0.29) is 6.04 Å². The number of aromatic nitrogens is 2. The van der Waals surface area contributed by atoms with Crippen molar-refractivity contribution in [2.24, 2.45) is 11.1 Å². The van der Waals surface area contributed by atoms with Crippen LogP contribution in [0.3, 0.4) is 0 Å². The van der Waals surface area contributed by atoms with Gasteiger partial charge in [-0.3, -0.25) is 0 Å². The van der Waals surface area contributed by atoms with Gasteiger partial charge in [-0.1, -0.05) is 20.3 Å². The molecule has 2 N–H and O–H groups in total. The highest BCUT2D eigenvalue weighted by molar-refractivity contribution is 5.06. The Balaban J connectivity index is 2.07. The molecule has 1 fully saturated rings. The van der Waals surface area contributed by atoms with Gasteiger partial charge in [0.25, 0.3) is 0 Å². The van der Waals surface area contributed by atoms with Crippen LogP contribution in [-0.2, 0) is 6.54 Å². The molecule has 0 aliphatic heterocycles. The summed E-state index contributed by atoms with van der Waals surface area (Å²) in [5, 5.41) is 0. The first-order chi connectivity index (χ1) is 7.71. The minimum atomic E-state index is 0.139. The maximum absolute atomic E-state index is 6.09. The minimum absolute atomic E-state index is 0.139. The lowest BCUT2D eigenvalue weighted by Crippen LogP contribution is -2.18. The van der Waals surface area contributed by atoms with Crippen LogP contribution in [0.15, 0.2) is 12.5 Å². The smallest absolute Gasteiger partial charge is 0.0948 e. The van der Waals surface area contributed by atoms with Crippen molar-refractivity contribution >= 4 is 0 Å². The van der Waals surface area contributed by atoms with Crippen molar-refractivity contribution in [1.29, 1.82) is 0 Å². The molecule has 3 nitrogen and oxygen atoms in total. The summed E-state index contributed by atoms with van der Waals surface area (Å²) < 4.78 is 2.27. The number of hydrogen-bond donors (Lipinski definition) is 1. The van der Waals surface area contributed by atoms with E-state index in [9.17, 15) is 0 Å². The van der Waals surface area contributed by atoms with Gasteiger partial charge in [0.05, 0.1) is 12.0 Å². The van der Waals surface area contributed by atoms with Gasteiger partial charge in [-0.05, 0) is 31.1 Å². The summed E-state index contributed by atoms with van der Waals surface area (Å²) in [4.78, 5) is 4.25. The molecule has 0 saturated heterocycles. The molecule has 0 unspecified atom stereocenters. The monoisotopic (exact) mass is 221 g/mol. The molecule has 16 heavy (non-hydrogen) atoms. The van der Waals surface area contributed by atoms with E-state index in [1.54, 1.807) is 0 Å². The molecular formula is C13H23N3. The summed E-state index contributed by atoms with van der Waals surface area (Å²) in [6.45, 7) is 5.51. The topological polar surface area (TPSA) is 43.8 Å². The van der Waals surface area contributed by atoms with Gasteiger partial charge in [-0.25, -0.2) is 4.98 Å². The SMILES string of the molecule is CCCC1(Cn2cncc2[C@H](N)CC)CC1. The number of nitrogens with zero attached hydrogens (tertiary/aromatic N) is 2. The molecular weight excluding hydrogens is 198 g/mol. The molecule has 1 saturated carbocycles. The normalized spacial score (nSPS) is 19.7. The van der Waals surface area contributed by atoms with Gasteiger partial charge in [0.1, 0.15) is 0 Å². The zero-order chi connectivity index (χ0) is 11.6. The quantitative estimate of drug-likeness (QED) is 0.802. The summed E-state index contributed by atoms with van der Waals surface area (Å²) in [5.41, 5.74) is 7.86. The van der Waals surface area contributed by atoms with E-state index in [0.717, 1.165) is 13.0 Å². The van der Waals surface area contributed by atoms with Crippen molar-refractivity contribution in [3.8, 4) is 0 Å². The van der Waals surface area contributed by atoms with Crippen LogP contribution in [0.25, 0.3) is 0 Å². The minimum Gasteiger partial charge on any atom is -0.333 e. The number of imidazole rings is 1. The van der Waals surface area contributed by atoms with Crippen molar-refractivity contribution in [2.75, 3.05) is 0 Å². The summed E-state index contributed by atoms with van der Waals surface area (Å²) in [5.74, 6) is 0. The summed E-state index contributed by atoms with van der Waals surface area (Å²) in [6, 6.07) is 0.139. The lowest BCUT2D eigenvalue weighted by molar-refractivity contribution is 0.377. The molecule has 1 aromatic heterocycles. The van der Waals surface area contributed by atoms with E-state index in [0.29, 0.717) is 5.41 Å². The third-order valence-corrected chi connectivity index (χ3v) is 3.81. The van der Waals surface area contributed by atoms with Gasteiger partial charge in [0.2, 0.25) is 0 Å². The Bertz CT molecular complexity index is 339. The van der Waals surface area contributed by atoms with Gasteiger partial charge in [-0.15, -0.1) is 0 Å². The number of rotatable bonds is 6. The molecule has 1 aliphatic rings. The molecule has 1 heterocycles. The van der Waals surface area contributed by atoms with Crippen LogP contribution in [0.2, 0.25) is 0 Å². The van der Waals surface area contributed by atoms with E-state index in [1.807, 2.05) is 12.5 Å². The lowest BCUT2D eigenvalue weighted by atomic mass is 10.0. The fourth-order valence-corrected chi connectivity index (χ4v) is 2.54. The van der Waals surface area contributed by atoms with Crippen LogP contribution in [0.1, 0.15) is 57.7 Å². The summed E-state index contributed by atoms with van der Waals surface area (Å²) in [7, 11) is 0. The Labute approximate surface area is 98.1 Å². The van der Waals surface area contributed by atoms with E-state index in [1.165, 1.54) is 31.4 Å². The number of nitrogens with two attached hydrogens (primary N) is 1. The van der Waals surface area contributed by atoms with Gasteiger partial charge < -0.3 is 10.3 Å². The molecule has 0 aromatic carbocycles. The predicted molar refractivity (Wildman–Crippen MR) is 66.0 cm³/mol. The second kappa shape index (κ2) is 4.58. The van der Waals surface area contributed by atoms with E-state index in [2.05, 4.69) is 23.4 Å². The molecule has 1 atom stereocenters. The molecule has 90 valence electrons. The van der Waals surface area contributed by atoms with Crippen LogP contribution < -0.4 is 5.73 Å². The maximum Gasteiger partial charge on any atom is 0.0948 e. The first-order valence-corrected chi connectivity index (χ1v) is 6.46. The highest BCUT2D eigenvalue weighted by Gasteiger charge is 2.42. The molecule has 2 rings (SSSR count). The Morgan fingerprint density at radius 3 is 2.81 bits per heavy atom. The van der Waals surface area contributed by atoms with Crippen molar-refractivity contribution in [3.05, 3.63) is 18.2 Å². The van der Waals surface area contributed by atoms with Crippen LogP contribution in [0.5, 0.6) is 0 Å². The zero-order valence-electron chi connectivity index (χ0n) is 10.4. The standard InChI is InChI=1S/C13H23N3/c1-3-5-13(6-7-13)9-16-10-15-8-12(16)11(14)4-2/h8,10-11H,3-7,9,14H2,1-2H3/t11-/m1/s1. The van der Waals surface area contributed by atoms with E-state index >= 15 is 0 Å².